The number of rotatable bonds is 5. The fourth-order valence-electron chi connectivity index (χ4n) is 1.94. The van der Waals surface area contributed by atoms with Crippen LogP contribution in [-0.4, -0.2) is 37.4 Å². The molecule has 0 spiro atoms. The van der Waals surface area contributed by atoms with E-state index in [0.29, 0.717) is 19.4 Å². The van der Waals surface area contributed by atoms with Crippen molar-refractivity contribution in [3.05, 3.63) is 0 Å². The maximum atomic E-state index is 11.7. The van der Waals surface area contributed by atoms with E-state index in [9.17, 15) is 4.79 Å². The molecule has 1 rings (SSSR count). The van der Waals surface area contributed by atoms with Crippen LogP contribution in [-0.2, 0) is 14.3 Å². The van der Waals surface area contributed by atoms with Crippen molar-refractivity contribution in [3.8, 4) is 0 Å². The molecule has 0 aromatic heterocycles. The van der Waals surface area contributed by atoms with Crippen LogP contribution in [0.2, 0.25) is 0 Å². The largest absolute Gasteiger partial charge is 0.465 e. The van der Waals surface area contributed by atoms with E-state index in [1.807, 2.05) is 20.8 Å². The molecule has 0 saturated heterocycles. The van der Waals surface area contributed by atoms with Gasteiger partial charge in [-0.3, -0.25) is 4.79 Å². The number of carbonyl (C=O) groups excluding carboxylic acids is 1. The van der Waals surface area contributed by atoms with E-state index in [2.05, 4.69) is 5.32 Å². The first-order chi connectivity index (χ1) is 7.04. The summed E-state index contributed by atoms with van der Waals surface area (Å²) in [5.41, 5.74) is -0.504. The minimum atomic E-state index is -0.504. The van der Waals surface area contributed by atoms with Gasteiger partial charge in [-0.05, 0) is 27.8 Å². The van der Waals surface area contributed by atoms with E-state index in [-0.39, 0.29) is 18.2 Å². The molecule has 1 fully saturated rings. The minimum absolute atomic E-state index is 0.156. The van der Waals surface area contributed by atoms with Crippen molar-refractivity contribution in [1.82, 2.24) is 5.32 Å². The highest BCUT2D eigenvalue weighted by molar-refractivity contribution is 5.82. The van der Waals surface area contributed by atoms with Gasteiger partial charge < -0.3 is 14.8 Å². The predicted octanol–water partition coefficient (Wildman–Crippen LogP) is 1.10. The van der Waals surface area contributed by atoms with Gasteiger partial charge in [-0.25, -0.2) is 0 Å². The Balaban J connectivity index is 2.44. The van der Waals surface area contributed by atoms with Gasteiger partial charge in [0.05, 0.1) is 18.8 Å². The average molecular weight is 215 g/mol. The first-order valence-electron chi connectivity index (χ1n) is 5.55. The first kappa shape index (κ1) is 12.5. The van der Waals surface area contributed by atoms with E-state index in [4.69, 9.17) is 9.47 Å². The summed E-state index contributed by atoms with van der Waals surface area (Å²) in [6.07, 6.45) is 1.81. The van der Waals surface area contributed by atoms with Crippen LogP contribution in [0.5, 0.6) is 0 Å². The molecular weight excluding hydrogens is 194 g/mol. The summed E-state index contributed by atoms with van der Waals surface area (Å²) < 4.78 is 10.7. The number of esters is 1. The molecule has 0 aliphatic heterocycles. The molecular formula is C11H21NO3. The fourth-order valence-corrected chi connectivity index (χ4v) is 1.94. The van der Waals surface area contributed by atoms with E-state index >= 15 is 0 Å². The number of nitrogens with one attached hydrogen (secondary N) is 1. The van der Waals surface area contributed by atoms with Crippen molar-refractivity contribution in [3.63, 3.8) is 0 Å². The second kappa shape index (κ2) is 4.94. The van der Waals surface area contributed by atoms with Crippen LogP contribution in [0.15, 0.2) is 0 Å². The zero-order chi connectivity index (χ0) is 11.5. The van der Waals surface area contributed by atoms with Crippen molar-refractivity contribution < 1.29 is 14.3 Å². The second-order valence-corrected chi connectivity index (χ2v) is 4.27. The van der Waals surface area contributed by atoms with E-state index in [1.54, 1.807) is 7.05 Å². The summed E-state index contributed by atoms with van der Waals surface area (Å²) in [6, 6.07) is 0. The van der Waals surface area contributed by atoms with Crippen LogP contribution in [0.25, 0.3) is 0 Å². The zero-order valence-corrected chi connectivity index (χ0v) is 10.0. The lowest BCUT2D eigenvalue weighted by Crippen LogP contribution is -2.63. The quantitative estimate of drug-likeness (QED) is 0.698. The normalized spacial score (nSPS) is 30.1. The molecule has 0 aromatic carbocycles. The lowest BCUT2D eigenvalue weighted by Gasteiger charge is -2.45. The van der Waals surface area contributed by atoms with Gasteiger partial charge in [-0.2, -0.15) is 0 Å². The number of hydrogen-bond donors (Lipinski definition) is 1. The molecule has 0 bridgehead atoms. The molecule has 0 amide bonds. The molecule has 0 radical (unpaired) electrons. The molecule has 1 N–H and O–H groups in total. The summed E-state index contributed by atoms with van der Waals surface area (Å²) in [6.45, 7) is 6.26. The monoisotopic (exact) mass is 215 g/mol. The Bertz CT molecular complexity index is 222. The predicted molar refractivity (Wildman–Crippen MR) is 57.7 cm³/mol. The highest BCUT2D eigenvalue weighted by Crippen LogP contribution is 2.36. The minimum Gasteiger partial charge on any atom is -0.465 e. The number of ether oxygens (including phenoxy) is 2. The lowest BCUT2D eigenvalue weighted by atomic mass is 9.74. The molecule has 4 nitrogen and oxygen atoms in total. The Morgan fingerprint density at radius 3 is 2.53 bits per heavy atom. The first-order valence-corrected chi connectivity index (χ1v) is 5.55. The van der Waals surface area contributed by atoms with Crippen molar-refractivity contribution in [2.24, 2.45) is 0 Å². The number of hydrogen-bond acceptors (Lipinski definition) is 4. The third-order valence-electron chi connectivity index (χ3n) is 2.76. The number of likely N-dealkylation sites (N-methyl/N-ethyl adjacent to an activating group) is 1. The standard InChI is InChI=1S/C11H21NO3/c1-5-14-10(13)11(12-4)6-9(7-11)15-8(2)3/h8-9,12H,5-7H2,1-4H3. The fraction of sp³-hybridized carbons (Fsp3) is 0.909. The molecule has 15 heavy (non-hydrogen) atoms. The van der Waals surface area contributed by atoms with Gasteiger partial charge >= 0.3 is 5.97 Å². The molecule has 1 aliphatic rings. The number of carbonyl (C=O) groups is 1. The van der Waals surface area contributed by atoms with Gasteiger partial charge in [0.2, 0.25) is 0 Å². The van der Waals surface area contributed by atoms with Crippen molar-refractivity contribution in [2.75, 3.05) is 13.7 Å². The topological polar surface area (TPSA) is 47.6 Å². The summed E-state index contributed by atoms with van der Waals surface area (Å²) in [4.78, 5) is 11.7. The Morgan fingerprint density at radius 2 is 2.13 bits per heavy atom. The van der Waals surface area contributed by atoms with Gasteiger partial charge in [0.15, 0.2) is 0 Å². The van der Waals surface area contributed by atoms with Crippen molar-refractivity contribution >= 4 is 5.97 Å². The summed E-state index contributed by atoms with van der Waals surface area (Å²) in [5.74, 6) is -0.156. The van der Waals surface area contributed by atoms with Crippen LogP contribution in [0.4, 0.5) is 0 Å². The van der Waals surface area contributed by atoms with E-state index < -0.39 is 5.54 Å². The van der Waals surface area contributed by atoms with Gasteiger partial charge in [-0.15, -0.1) is 0 Å². The van der Waals surface area contributed by atoms with E-state index in [1.165, 1.54) is 0 Å². The summed E-state index contributed by atoms with van der Waals surface area (Å²) >= 11 is 0. The Morgan fingerprint density at radius 1 is 1.53 bits per heavy atom. The second-order valence-electron chi connectivity index (χ2n) is 4.27. The van der Waals surface area contributed by atoms with Crippen LogP contribution in [0.3, 0.4) is 0 Å². The molecule has 1 aliphatic carbocycles. The summed E-state index contributed by atoms with van der Waals surface area (Å²) in [5, 5.41) is 3.05. The molecule has 0 heterocycles. The lowest BCUT2D eigenvalue weighted by molar-refractivity contribution is -0.166. The van der Waals surface area contributed by atoms with Crippen LogP contribution in [0.1, 0.15) is 33.6 Å². The van der Waals surface area contributed by atoms with Gasteiger partial charge in [0, 0.05) is 12.8 Å². The Labute approximate surface area is 91.3 Å². The maximum Gasteiger partial charge on any atom is 0.326 e. The smallest absolute Gasteiger partial charge is 0.326 e. The highest BCUT2D eigenvalue weighted by Gasteiger charge is 2.51. The van der Waals surface area contributed by atoms with Crippen LogP contribution < -0.4 is 5.32 Å². The molecule has 1 saturated carbocycles. The Hall–Kier alpha value is -0.610. The van der Waals surface area contributed by atoms with Gasteiger partial charge in [0.25, 0.3) is 0 Å². The third kappa shape index (κ3) is 2.69. The molecule has 88 valence electrons. The average Bonchev–Trinajstić information content (AvgIpc) is 2.10. The van der Waals surface area contributed by atoms with E-state index in [0.717, 1.165) is 0 Å². The molecule has 4 heteroatoms. The molecule has 0 atom stereocenters. The molecule has 0 unspecified atom stereocenters. The SMILES string of the molecule is CCOC(=O)C1(NC)CC(OC(C)C)C1. The molecule has 0 aromatic rings. The maximum absolute atomic E-state index is 11.7. The Kier molecular flexibility index (Phi) is 4.11. The van der Waals surface area contributed by atoms with Crippen LogP contribution in [0, 0.1) is 0 Å². The van der Waals surface area contributed by atoms with Gasteiger partial charge in [0.1, 0.15) is 5.54 Å². The zero-order valence-electron chi connectivity index (χ0n) is 10.0. The van der Waals surface area contributed by atoms with Crippen molar-refractivity contribution in [1.29, 1.82) is 0 Å². The highest BCUT2D eigenvalue weighted by atomic mass is 16.5. The van der Waals surface area contributed by atoms with Crippen LogP contribution >= 0.6 is 0 Å². The third-order valence-corrected chi connectivity index (χ3v) is 2.76. The summed E-state index contributed by atoms with van der Waals surface area (Å²) in [7, 11) is 1.79. The van der Waals surface area contributed by atoms with Crippen molar-refractivity contribution in [2.45, 2.75) is 51.4 Å². The van der Waals surface area contributed by atoms with Gasteiger partial charge in [-0.1, -0.05) is 0 Å².